The summed E-state index contributed by atoms with van der Waals surface area (Å²) in [6.45, 7) is 0. The Morgan fingerprint density at radius 2 is 2.08 bits per heavy atom. The molecule has 0 aliphatic carbocycles. The van der Waals surface area contributed by atoms with E-state index in [1.807, 2.05) is 6.07 Å². The number of phenols is 1. The molecule has 1 heterocycles. The molecule has 1 N–H and O–H groups in total. The third kappa shape index (κ3) is 2.78. The van der Waals surface area contributed by atoms with Gasteiger partial charge in [-0.15, -0.1) is 0 Å². The largest absolute Gasteiger partial charge is 0.506 e. The third-order valence-corrected chi connectivity index (χ3v) is 3.60. The molecule has 0 spiro atoms. The molecule has 7 nitrogen and oxygen atoms in total. The summed E-state index contributed by atoms with van der Waals surface area (Å²) in [5.74, 6) is 0.370. The minimum atomic E-state index is -0.605. The van der Waals surface area contributed by atoms with Gasteiger partial charge in [-0.05, 0) is 24.3 Å². The van der Waals surface area contributed by atoms with Gasteiger partial charge in [0.15, 0.2) is 0 Å². The van der Waals surface area contributed by atoms with Crippen molar-refractivity contribution >= 4 is 28.2 Å². The van der Waals surface area contributed by atoms with Crippen molar-refractivity contribution in [2.24, 2.45) is 0 Å². The van der Waals surface area contributed by atoms with Gasteiger partial charge in [0.1, 0.15) is 28.3 Å². The van der Waals surface area contributed by atoms with Crippen molar-refractivity contribution in [3.63, 3.8) is 0 Å². The van der Waals surface area contributed by atoms with Crippen molar-refractivity contribution in [3.05, 3.63) is 63.3 Å². The molecule has 1 aromatic heterocycles. The smallest absolute Gasteiger partial charge is 0.291 e. The van der Waals surface area contributed by atoms with Gasteiger partial charge in [-0.25, -0.2) is 0 Å². The monoisotopic (exact) mass is 341 g/mol. The van der Waals surface area contributed by atoms with E-state index in [0.717, 1.165) is 0 Å². The Bertz CT molecular complexity index is 1010. The van der Waals surface area contributed by atoms with Gasteiger partial charge < -0.3 is 9.84 Å². The maximum absolute atomic E-state index is 11.0. The molecule has 2 aromatic carbocycles. The Hall–Kier alpha value is -3.37. The summed E-state index contributed by atoms with van der Waals surface area (Å²) in [4.78, 5) is 14.4. The second kappa shape index (κ2) is 6.02. The average molecular weight is 342 g/mol. The number of halogens is 1. The highest BCUT2D eigenvalue weighted by molar-refractivity contribution is 6.32. The van der Waals surface area contributed by atoms with Gasteiger partial charge >= 0.3 is 0 Å². The summed E-state index contributed by atoms with van der Waals surface area (Å²) in [5.41, 5.74) is 0.220. The van der Waals surface area contributed by atoms with Gasteiger partial charge in [0.25, 0.3) is 5.69 Å². The van der Waals surface area contributed by atoms with Gasteiger partial charge in [0, 0.05) is 17.6 Å². The molecule has 0 atom stereocenters. The number of nitrogens with zero attached hydrogens (tertiary/aromatic N) is 3. The Balaban J connectivity index is 2.09. The quantitative estimate of drug-likeness (QED) is 0.565. The first kappa shape index (κ1) is 15.5. The van der Waals surface area contributed by atoms with Crippen LogP contribution in [-0.2, 0) is 0 Å². The van der Waals surface area contributed by atoms with E-state index < -0.39 is 4.92 Å². The van der Waals surface area contributed by atoms with Gasteiger partial charge in [-0.1, -0.05) is 11.6 Å². The molecule has 0 aliphatic rings. The number of fused-ring (bicyclic) bond motifs is 1. The van der Waals surface area contributed by atoms with Crippen LogP contribution in [0.3, 0.4) is 0 Å². The fraction of sp³-hybridized carbons (Fsp3) is 0. The fourth-order valence-corrected chi connectivity index (χ4v) is 2.34. The maximum Gasteiger partial charge on any atom is 0.291 e. The number of nitriles is 1. The van der Waals surface area contributed by atoms with Crippen molar-refractivity contribution < 1.29 is 14.8 Å². The zero-order valence-electron chi connectivity index (χ0n) is 11.9. The minimum Gasteiger partial charge on any atom is -0.506 e. The summed E-state index contributed by atoms with van der Waals surface area (Å²) < 4.78 is 5.68. The van der Waals surface area contributed by atoms with Crippen LogP contribution in [0.4, 0.5) is 5.69 Å². The van der Waals surface area contributed by atoms with Crippen LogP contribution >= 0.6 is 11.6 Å². The summed E-state index contributed by atoms with van der Waals surface area (Å²) in [6.07, 6.45) is 1.47. The first-order valence-electron chi connectivity index (χ1n) is 6.63. The van der Waals surface area contributed by atoms with Gasteiger partial charge in [0.05, 0.1) is 22.1 Å². The molecule has 0 aliphatic heterocycles. The lowest BCUT2D eigenvalue weighted by Crippen LogP contribution is -1.92. The van der Waals surface area contributed by atoms with Crippen LogP contribution in [0.2, 0.25) is 5.02 Å². The number of hydrogen-bond donors (Lipinski definition) is 1. The van der Waals surface area contributed by atoms with Gasteiger partial charge in [-0.2, -0.15) is 5.26 Å². The molecule has 0 fully saturated rings. The number of aromatic nitrogens is 1. The summed E-state index contributed by atoms with van der Waals surface area (Å²) in [7, 11) is 0. The third-order valence-electron chi connectivity index (χ3n) is 3.28. The number of phenolic OH excluding ortho intramolecular Hbond substituents is 1. The molecule has 0 saturated carbocycles. The Kier molecular flexibility index (Phi) is 3.90. The van der Waals surface area contributed by atoms with Crippen molar-refractivity contribution in [1.29, 1.82) is 5.26 Å². The van der Waals surface area contributed by atoms with E-state index in [0.29, 0.717) is 16.7 Å². The van der Waals surface area contributed by atoms with Gasteiger partial charge in [0.2, 0.25) is 0 Å². The second-order valence-electron chi connectivity index (χ2n) is 4.78. The summed E-state index contributed by atoms with van der Waals surface area (Å²) in [6, 6.07) is 10.3. The normalized spacial score (nSPS) is 10.3. The van der Waals surface area contributed by atoms with E-state index in [2.05, 4.69) is 4.98 Å². The first-order chi connectivity index (χ1) is 11.5. The highest BCUT2D eigenvalue weighted by atomic mass is 35.5. The van der Waals surface area contributed by atoms with Crippen LogP contribution < -0.4 is 4.74 Å². The van der Waals surface area contributed by atoms with Crippen LogP contribution in [0.25, 0.3) is 10.9 Å². The second-order valence-corrected chi connectivity index (χ2v) is 5.19. The molecule has 0 saturated heterocycles. The number of nitro benzene ring substituents is 1. The van der Waals surface area contributed by atoms with Crippen LogP contribution in [0.1, 0.15) is 5.56 Å². The predicted molar refractivity (Wildman–Crippen MR) is 86.3 cm³/mol. The van der Waals surface area contributed by atoms with E-state index in [9.17, 15) is 15.2 Å². The lowest BCUT2D eigenvalue weighted by atomic mass is 10.1. The van der Waals surface area contributed by atoms with Gasteiger partial charge in [-0.3, -0.25) is 15.1 Å². The lowest BCUT2D eigenvalue weighted by Gasteiger charge is -2.09. The lowest BCUT2D eigenvalue weighted by molar-refractivity contribution is -0.384. The molecular formula is C16H8ClN3O4. The van der Waals surface area contributed by atoms with E-state index in [1.165, 1.54) is 36.5 Å². The standard InChI is InChI=1S/C16H8ClN3O4/c17-12-2-1-10(6-14(12)20(22)23)24-16-3-4-19-13-7-15(21)9(8-18)5-11(13)16/h1-7,21H. The molecule has 0 unspecified atom stereocenters. The Morgan fingerprint density at radius 1 is 1.29 bits per heavy atom. The molecule has 8 heteroatoms. The molecule has 3 aromatic rings. The van der Waals surface area contributed by atoms with Crippen molar-refractivity contribution in [1.82, 2.24) is 4.98 Å². The predicted octanol–water partition coefficient (Wildman–Crippen LogP) is 4.17. The van der Waals surface area contributed by atoms with Crippen LogP contribution in [0, 0.1) is 21.4 Å². The highest BCUT2D eigenvalue weighted by Gasteiger charge is 2.15. The number of rotatable bonds is 3. The summed E-state index contributed by atoms with van der Waals surface area (Å²) in [5, 5.41) is 30.2. The van der Waals surface area contributed by atoms with Crippen molar-refractivity contribution in [2.75, 3.05) is 0 Å². The molecule has 0 radical (unpaired) electrons. The molecule has 24 heavy (non-hydrogen) atoms. The number of pyridine rings is 1. The topological polar surface area (TPSA) is 109 Å². The average Bonchev–Trinajstić information content (AvgIpc) is 2.56. The number of hydrogen-bond acceptors (Lipinski definition) is 6. The Morgan fingerprint density at radius 3 is 2.79 bits per heavy atom. The number of ether oxygens (including phenoxy) is 1. The number of nitro groups is 1. The van der Waals surface area contributed by atoms with Crippen LogP contribution in [-0.4, -0.2) is 15.0 Å². The zero-order chi connectivity index (χ0) is 17.3. The van der Waals surface area contributed by atoms with Crippen LogP contribution in [0.15, 0.2) is 42.6 Å². The molecule has 118 valence electrons. The SMILES string of the molecule is N#Cc1cc2c(Oc3ccc(Cl)c([N+](=O)[O-])c3)ccnc2cc1O. The molecule has 0 amide bonds. The van der Waals surface area contributed by atoms with Crippen molar-refractivity contribution in [3.8, 4) is 23.3 Å². The zero-order valence-corrected chi connectivity index (χ0v) is 12.7. The highest BCUT2D eigenvalue weighted by Crippen LogP contribution is 2.35. The fourth-order valence-electron chi connectivity index (χ4n) is 2.16. The maximum atomic E-state index is 11.0. The summed E-state index contributed by atoms with van der Waals surface area (Å²) >= 11 is 5.78. The van der Waals surface area contributed by atoms with Crippen LogP contribution in [0.5, 0.6) is 17.2 Å². The number of benzene rings is 2. The van der Waals surface area contributed by atoms with E-state index in [4.69, 9.17) is 21.6 Å². The van der Waals surface area contributed by atoms with E-state index >= 15 is 0 Å². The Labute approximate surface area is 140 Å². The first-order valence-corrected chi connectivity index (χ1v) is 7.01. The molecular weight excluding hydrogens is 334 g/mol. The van der Waals surface area contributed by atoms with E-state index in [-0.39, 0.29) is 27.8 Å². The molecule has 0 bridgehead atoms. The van der Waals surface area contributed by atoms with Crippen molar-refractivity contribution in [2.45, 2.75) is 0 Å². The van der Waals surface area contributed by atoms with E-state index in [1.54, 1.807) is 6.07 Å². The minimum absolute atomic E-state index is 0.00336. The number of aromatic hydroxyl groups is 1. The molecule has 3 rings (SSSR count).